The maximum atomic E-state index is 11.0. The molecule has 0 aromatic heterocycles. The molecule has 6 heteroatoms. The monoisotopic (exact) mass is 303 g/mol. The van der Waals surface area contributed by atoms with Gasteiger partial charge in [-0.1, -0.05) is 23.8 Å². The molecule has 0 aliphatic heterocycles. The minimum atomic E-state index is -0.429. The molecular formula is C15H17N3O2S. The van der Waals surface area contributed by atoms with Crippen LogP contribution in [-0.4, -0.2) is 4.92 Å². The number of nitrogens with one attached hydrogen (secondary N) is 1. The first kappa shape index (κ1) is 15.3. The second-order valence-corrected chi connectivity index (χ2v) is 5.83. The average Bonchev–Trinajstić information content (AvgIpc) is 2.47. The van der Waals surface area contributed by atoms with Gasteiger partial charge in [-0.25, -0.2) is 0 Å². The van der Waals surface area contributed by atoms with Crippen molar-refractivity contribution >= 4 is 23.1 Å². The molecule has 5 nitrogen and oxygen atoms in total. The average molecular weight is 303 g/mol. The van der Waals surface area contributed by atoms with Crippen molar-refractivity contribution in [1.82, 2.24) is 0 Å². The second kappa shape index (κ2) is 6.60. The Balaban J connectivity index is 2.18. The summed E-state index contributed by atoms with van der Waals surface area (Å²) in [6, 6.07) is 11.3. The summed E-state index contributed by atoms with van der Waals surface area (Å²) in [6.07, 6.45) is 0. The third kappa shape index (κ3) is 3.74. The highest BCUT2D eigenvalue weighted by molar-refractivity contribution is 7.98. The van der Waals surface area contributed by atoms with E-state index in [-0.39, 0.29) is 5.69 Å². The van der Waals surface area contributed by atoms with E-state index in [0.717, 1.165) is 5.56 Å². The van der Waals surface area contributed by atoms with Crippen LogP contribution in [0.25, 0.3) is 0 Å². The van der Waals surface area contributed by atoms with E-state index in [1.807, 2.05) is 6.07 Å². The molecule has 0 saturated carbocycles. The second-order valence-electron chi connectivity index (χ2n) is 4.81. The van der Waals surface area contributed by atoms with Gasteiger partial charge in [0.2, 0.25) is 0 Å². The Labute approximate surface area is 127 Å². The molecule has 0 aliphatic carbocycles. The molecule has 0 unspecified atom stereocenters. The van der Waals surface area contributed by atoms with E-state index >= 15 is 0 Å². The summed E-state index contributed by atoms with van der Waals surface area (Å²) in [5, 5.41) is 11.0. The van der Waals surface area contributed by atoms with Crippen molar-refractivity contribution in [3.63, 3.8) is 0 Å². The number of nitrogens with two attached hydrogens (primary N) is 1. The zero-order valence-corrected chi connectivity index (χ0v) is 12.7. The zero-order chi connectivity index (χ0) is 15.4. The van der Waals surface area contributed by atoms with Crippen LogP contribution in [0.4, 0.5) is 11.4 Å². The minimum absolute atomic E-state index is 0.00318. The molecule has 0 aliphatic rings. The van der Waals surface area contributed by atoms with Gasteiger partial charge in [-0.15, -0.1) is 11.8 Å². The standard InChI is InChI=1S/C15H17N3O2S/c1-10-3-4-11(2)15(7-10)21-9-12-5-6-13(17-16)14(8-12)18(19)20/h3-8,17H,9,16H2,1-2H3. The van der Waals surface area contributed by atoms with Crippen molar-refractivity contribution in [2.45, 2.75) is 24.5 Å². The summed E-state index contributed by atoms with van der Waals surface area (Å²) in [4.78, 5) is 11.8. The predicted octanol–water partition coefficient (Wildman–Crippen LogP) is 3.79. The number of benzene rings is 2. The fourth-order valence-corrected chi connectivity index (χ4v) is 3.03. The highest BCUT2D eigenvalue weighted by Crippen LogP contribution is 2.30. The lowest BCUT2D eigenvalue weighted by atomic mass is 10.2. The van der Waals surface area contributed by atoms with Gasteiger partial charge in [0.05, 0.1) is 4.92 Å². The zero-order valence-electron chi connectivity index (χ0n) is 11.9. The number of nitro benzene ring substituents is 1. The van der Waals surface area contributed by atoms with Crippen LogP contribution in [0, 0.1) is 24.0 Å². The maximum Gasteiger partial charge on any atom is 0.293 e. The molecule has 2 aromatic carbocycles. The Morgan fingerprint density at radius 1 is 1.24 bits per heavy atom. The highest BCUT2D eigenvalue weighted by atomic mass is 32.2. The number of nitro groups is 1. The molecule has 0 atom stereocenters. The van der Waals surface area contributed by atoms with Crippen LogP contribution in [0.15, 0.2) is 41.3 Å². The van der Waals surface area contributed by atoms with Crippen LogP contribution in [-0.2, 0) is 5.75 Å². The molecule has 0 spiro atoms. The van der Waals surface area contributed by atoms with E-state index in [1.165, 1.54) is 16.0 Å². The quantitative estimate of drug-likeness (QED) is 0.380. The molecule has 2 rings (SSSR count). The van der Waals surface area contributed by atoms with Gasteiger partial charge < -0.3 is 5.43 Å². The van der Waals surface area contributed by atoms with E-state index in [1.54, 1.807) is 23.9 Å². The third-order valence-corrected chi connectivity index (χ3v) is 4.38. The van der Waals surface area contributed by atoms with Crippen molar-refractivity contribution < 1.29 is 4.92 Å². The summed E-state index contributed by atoms with van der Waals surface area (Å²) in [7, 11) is 0. The molecule has 2 aromatic rings. The number of aryl methyl sites for hydroxylation is 2. The van der Waals surface area contributed by atoms with Crippen LogP contribution in [0.1, 0.15) is 16.7 Å². The van der Waals surface area contributed by atoms with Gasteiger partial charge in [0.15, 0.2) is 0 Å². The van der Waals surface area contributed by atoms with E-state index in [0.29, 0.717) is 11.4 Å². The normalized spacial score (nSPS) is 10.4. The molecule has 0 radical (unpaired) electrons. The first-order valence-electron chi connectivity index (χ1n) is 6.45. The number of nitrogens with zero attached hydrogens (tertiary/aromatic N) is 1. The molecule has 0 amide bonds. The SMILES string of the molecule is Cc1ccc(C)c(SCc2ccc(NN)c([N+](=O)[O-])c2)c1. The molecule has 110 valence electrons. The van der Waals surface area contributed by atoms with Crippen molar-refractivity contribution in [3.8, 4) is 0 Å². The van der Waals surface area contributed by atoms with Gasteiger partial charge in [-0.2, -0.15) is 0 Å². The first-order chi connectivity index (χ1) is 10.0. The van der Waals surface area contributed by atoms with Gasteiger partial charge in [0.25, 0.3) is 5.69 Å². The maximum absolute atomic E-state index is 11.0. The minimum Gasteiger partial charge on any atom is -0.318 e. The van der Waals surface area contributed by atoms with Crippen LogP contribution in [0.5, 0.6) is 0 Å². The molecule has 21 heavy (non-hydrogen) atoms. The van der Waals surface area contributed by atoms with Crippen LogP contribution in [0.2, 0.25) is 0 Å². The van der Waals surface area contributed by atoms with Crippen molar-refractivity contribution in [2.24, 2.45) is 5.84 Å². The summed E-state index contributed by atoms with van der Waals surface area (Å²) >= 11 is 1.67. The summed E-state index contributed by atoms with van der Waals surface area (Å²) in [5.41, 5.74) is 5.97. The highest BCUT2D eigenvalue weighted by Gasteiger charge is 2.13. The first-order valence-corrected chi connectivity index (χ1v) is 7.44. The number of hydrazine groups is 1. The predicted molar refractivity (Wildman–Crippen MR) is 86.4 cm³/mol. The number of anilines is 1. The van der Waals surface area contributed by atoms with Gasteiger partial charge in [-0.3, -0.25) is 16.0 Å². The summed E-state index contributed by atoms with van der Waals surface area (Å²) < 4.78 is 0. The topological polar surface area (TPSA) is 81.2 Å². The number of hydrogen-bond donors (Lipinski definition) is 2. The van der Waals surface area contributed by atoms with Crippen molar-refractivity contribution in [1.29, 1.82) is 0 Å². The molecule has 0 bridgehead atoms. The van der Waals surface area contributed by atoms with E-state index in [9.17, 15) is 10.1 Å². The van der Waals surface area contributed by atoms with Crippen LogP contribution < -0.4 is 11.3 Å². The van der Waals surface area contributed by atoms with E-state index in [2.05, 4.69) is 37.5 Å². The Morgan fingerprint density at radius 3 is 2.67 bits per heavy atom. The Kier molecular flexibility index (Phi) is 4.82. The number of nitrogen functional groups attached to an aromatic ring is 1. The molecule has 0 heterocycles. The fraction of sp³-hybridized carbons (Fsp3) is 0.200. The van der Waals surface area contributed by atoms with Gasteiger partial charge in [0, 0.05) is 16.7 Å². The molecule has 0 fully saturated rings. The lowest BCUT2D eigenvalue weighted by molar-refractivity contribution is -0.384. The third-order valence-electron chi connectivity index (χ3n) is 3.15. The Hall–Kier alpha value is -2.05. The van der Waals surface area contributed by atoms with E-state index < -0.39 is 4.92 Å². The lowest BCUT2D eigenvalue weighted by Crippen LogP contribution is -2.09. The smallest absolute Gasteiger partial charge is 0.293 e. The summed E-state index contributed by atoms with van der Waals surface area (Å²) in [6.45, 7) is 4.11. The van der Waals surface area contributed by atoms with Gasteiger partial charge in [-0.05, 0) is 37.1 Å². The van der Waals surface area contributed by atoms with E-state index in [4.69, 9.17) is 5.84 Å². The number of thioether (sulfide) groups is 1. The largest absolute Gasteiger partial charge is 0.318 e. The Bertz CT molecular complexity index is 674. The van der Waals surface area contributed by atoms with Gasteiger partial charge in [0.1, 0.15) is 5.69 Å². The summed E-state index contributed by atoms with van der Waals surface area (Å²) in [5.74, 6) is 5.96. The van der Waals surface area contributed by atoms with Gasteiger partial charge >= 0.3 is 0 Å². The molecule has 3 N–H and O–H groups in total. The lowest BCUT2D eigenvalue weighted by Gasteiger charge is -2.08. The molecular weight excluding hydrogens is 286 g/mol. The fourth-order valence-electron chi connectivity index (χ4n) is 1.96. The van der Waals surface area contributed by atoms with Crippen LogP contribution >= 0.6 is 11.8 Å². The van der Waals surface area contributed by atoms with Crippen molar-refractivity contribution in [2.75, 3.05) is 5.43 Å². The van der Waals surface area contributed by atoms with Crippen LogP contribution in [0.3, 0.4) is 0 Å². The Morgan fingerprint density at radius 2 is 2.00 bits per heavy atom. The van der Waals surface area contributed by atoms with Crippen molar-refractivity contribution in [3.05, 3.63) is 63.2 Å². The number of rotatable bonds is 5. The number of hydrogen-bond acceptors (Lipinski definition) is 5. The molecule has 0 saturated heterocycles.